The first-order chi connectivity index (χ1) is 9.61. The number of nitrogens with one attached hydrogen (secondary N) is 1. The van der Waals surface area contributed by atoms with Gasteiger partial charge in [0, 0.05) is 33.9 Å². The summed E-state index contributed by atoms with van der Waals surface area (Å²) < 4.78 is 0.988. The van der Waals surface area contributed by atoms with Gasteiger partial charge in [0.25, 0.3) is 0 Å². The van der Waals surface area contributed by atoms with Crippen molar-refractivity contribution < 1.29 is 0 Å². The maximum absolute atomic E-state index is 4.82. The molecule has 0 saturated carbocycles. The fourth-order valence-corrected chi connectivity index (χ4v) is 3.50. The molecule has 0 spiro atoms. The van der Waals surface area contributed by atoms with Crippen LogP contribution in [0, 0.1) is 0 Å². The van der Waals surface area contributed by atoms with Crippen LogP contribution in [0.4, 0.5) is 0 Å². The number of thiazole rings is 1. The topological polar surface area (TPSA) is 37.8 Å². The van der Waals surface area contributed by atoms with Crippen LogP contribution < -0.4 is 5.32 Å². The smallest absolute Gasteiger partial charge is 0.125 e. The molecule has 2 rings (SSSR count). The van der Waals surface area contributed by atoms with Gasteiger partial charge in [0.1, 0.15) is 5.01 Å². The summed E-state index contributed by atoms with van der Waals surface area (Å²) in [4.78, 5) is 10.4. The first-order valence-electron chi connectivity index (χ1n) is 6.93. The van der Waals surface area contributed by atoms with Crippen molar-refractivity contribution in [1.82, 2.24) is 15.3 Å². The fraction of sp³-hybridized carbons (Fsp3) is 0.467. The molecule has 0 atom stereocenters. The molecule has 108 valence electrons. The zero-order valence-electron chi connectivity index (χ0n) is 12.1. The molecule has 0 aromatic carbocycles. The van der Waals surface area contributed by atoms with Crippen LogP contribution in [0.3, 0.4) is 0 Å². The Bertz CT molecular complexity index is 566. The standard InChI is InChI=1S/C15H20BrN3S/c1-4-5-17-9-13-14(10(2)3)19-15(20-13)11-6-12(16)8-18-7-11/h6-8,10,17H,4-5,9H2,1-3H3. The van der Waals surface area contributed by atoms with E-state index >= 15 is 0 Å². The van der Waals surface area contributed by atoms with Gasteiger partial charge in [-0.15, -0.1) is 11.3 Å². The molecule has 0 aliphatic rings. The van der Waals surface area contributed by atoms with E-state index in [4.69, 9.17) is 4.98 Å². The molecule has 1 N–H and O–H groups in total. The molecule has 0 aliphatic heterocycles. The molecule has 0 unspecified atom stereocenters. The van der Waals surface area contributed by atoms with Gasteiger partial charge in [0.2, 0.25) is 0 Å². The Morgan fingerprint density at radius 2 is 2.15 bits per heavy atom. The lowest BCUT2D eigenvalue weighted by Gasteiger charge is -2.05. The molecule has 2 heterocycles. The molecule has 0 radical (unpaired) electrons. The molecule has 0 aliphatic carbocycles. The summed E-state index contributed by atoms with van der Waals surface area (Å²) in [5.74, 6) is 0.443. The minimum absolute atomic E-state index is 0.443. The second-order valence-corrected chi connectivity index (χ2v) is 7.05. The third-order valence-corrected chi connectivity index (χ3v) is 4.49. The van der Waals surface area contributed by atoms with E-state index in [0.717, 1.165) is 34.6 Å². The molecule has 5 heteroatoms. The van der Waals surface area contributed by atoms with E-state index in [-0.39, 0.29) is 0 Å². The van der Waals surface area contributed by atoms with E-state index in [2.05, 4.69) is 53.1 Å². The lowest BCUT2D eigenvalue weighted by molar-refractivity contribution is 0.670. The highest BCUT2D eigenvalue weighted by Crippen LogP contribution is 2.32. The number of nitrogens with zero attached hydrogens (tertiary/aromatic N) is 2. The Morgan fingerprint density at radius 3 is 2.80 bits per heavy atom. The number of hydrogen-bond acceptors (Lipinski definition) is 4. The fourth-order valence-electron chi connectivity index (χ4n) is 1.97. The van der Waals surface area contributed by atoms with E-state index in [1.165, 1.54) is 10.6 Å². The predicted octanol–water partition coefficient (Wildman–Crippen LogP) is 4.59. The van der Waals surface area contributed by atoms with Crippen molar-refractivity contribution in [3.05, 3.63) is 33.5 Å². The summed E-state index contributed by atoms with van der Waals surface area (Å²) in [6.45, 7) is 8.52. The number of pyridine rings is 1. The number of hydrogen-bond donors (Lipinski definition) is 1. The third-order valence-electron chi connectivity index (χ3n) is 2.94. The summed E-state index contributed by atoms with van der Waals surface area (Å²) in [6, 6.07) is 2.07. The normalized spacial score (nSPS) is 11.2. The summed E-state index contributed by atoms with van der Waals surface area (Å²) in [6.07, 6.45) is 4.82. The highest BCUT2D eigenvalue weighted by molar-refractivity contribution is 9.10. The van der Waals surface area contributed by atoms with Gasteiger partial charge in [-0.3, -0.25) is 4.98 Å². The maximum Gasteiger partial charge on any atom is 0.125 e. The van der Waals surface area contributed by atoms with Gasteiger partial charge < -0.3 is 5.32 Å². The quantitative estimate of drug-likeness (QED) is 0.771. The number of halogens is 1. The van der Waals surface area contributed by atoms with Gasteiger partial charge in [-0.05, 0) is 40.9 Å². The first kappa shape index (κ1) is 15.6. The van der Waals surface area contributed by atoms with Crippen molar-refractivity contribution >= 4 is 27.3 Å². The lowest BCUT2D eigenvalue weighted by atomic mass is 10.1. The maximum atomic E-state index is 4.82. The second-order valence-electron chi connectivity index (χ2n) is 5.05. The monoisotopic (exact) mass is 353 g/mol. The third kappa shape index (κ3) is 3.87. The molecule has 0 amide bonds. The van der Waals surface area contributed by atoms with E-state index in [1.54, 1.807) is 17.5 Å². The molecule has 0 saturated heterocycles. The zero-order valence-corrected chi connectivity index (χ0v) is 14.5. The van der Waals surface area contributed by atoms with Gasteiger partial charge in [-0.2, -0.15) is 0 Å². The summed E-state index contributed by atoms with van der Waals surface area (Å²) >= 11 is 5.23. The van der Waals surface area contributed by atoms with Crippen molar-refractivity contribution in [2.45, 2.75) is 39.7 Å². The molecule has 0 fully saturated rings. The highest BCUT2D eigenvalue weighted by atomic mass is 79.9. The van der Waals surface area contributed by atoms with Crippen molar-refractivity contribution in [2.24, 2.45) is 0 Å². The number of rotatable bonds is 6. The Hall–Kier alpha value is -0.780. The summed E-state index contributed by atoms with van der Waals surface area (Å²) in [5.41, 5.74) is 2.28. The Balaban J connectivity index is 2.28. The Kier molecular flexibility index (Phi) is 5.69. The minimum Gasteiger partial charge on any atom is -0.312 e. The molecule has 20 heavy (non-hydrogen) atoms. The molecule has 0 bridgehead atoms. The van der Waals surface area contributed by atoms with E-state index in [0.29, 0.717) is 5.92 Å². The summed E-state index contributed by atoms with van der Waals surface area (Å²) in [5, 5.41) is 4.52. The zero-order chi connectivity index (χ0) is 14.5. The van der Waals surface area contributed by atoms with E-state index in [9.17, 15) is 0 Å². The van der Waals surface area contributed by atoms with E-state index in [1.807, 2.05) is 6.20 Å². The lowest BCUT2D eigenvalue weighted by Crippen LogP contribution is -2.14. The van der Waals surface area contributed by atoms with Crippen LogP contribution >= 0.6 is 27.3 Å². The molecular weight excluding hydrogens is 334 g/mol. The van der Waals surface area contributed by atoms with Crippen LogP contribution in [-0.4, -0.2) is 16.5 Å². The Morgan fingerprint density at radius 1 is 1.35 bits per heavy atom. The minimum atomic E-state index is 0.443. The van der Waals surface area contributed by atoms with Crippen LogP contribution in [0.1, 0.15) is 43.7 Å². The number of aromatic nitrogens is 2. The van der Waals surface area contributed by atoms with Crippen LogP contribution in [-0.2, 0) is 6.54 Å². The van der Waals surface area contributed by atoms with Crippen molar-refractivity contribution in [3.63, 3.8) is 0 Å². The molecule has 3 nitrogen and oxygen atoms in total. The summed E-state index contributed by atoms with van der Waals surface area (Å²) in [7, 11) is 0. The Labute approximate surface area is 133 Å². The molecule has 2 aromatic rings. The molecule has 2 aromatic heterocycles. The highest BCUT2D eigenvalue weighted by Gasteiger charge is 2.15. The van der Waals surface area contributed by atoms with Crippen LogP contribution in [0.25, 0.3) is 10.6 Å². The van der Waals surface area contributed by atoms with E-state index < -0.39 is 0 Å². The molecular formula is C15H20BrN3S. The van der Waals surface area contributed by atoms with Crippen LogP contribution in [0.5, 0.6) is 0 Å². The average Bonchev–Trinajstić information content (AvgIpc) is 2.83. The van der Waals surface area contributed by atoms with Gasteiger partial charge in [-0.25, -0.2) is 4.98 Å². The second kappa shape index (κ2) is 7.29. The van der Waals surface area contributed by atoms with Gasteiger partial charge in [0.15, 0.2) is 0 Å². The van der Waals surface area contributed by atoms with Gasteiger partial charge in [0.05, 0.1) is 5.69 Å². The largest absolute Gasteiger partial charge is 0.312 e. The van der Waals surface area contributed by atoms with Crippen molar-refractivity contribution in [3.8, 4) is 10.6 Å². The first-order valence-corrected chi connectivity index (χ1v) is 8.54. The van der Waals surface area contributed by atoms with Crippen LogP contribution in [0.15, 0.2) is 22.9 Å². The predicted molar refractivity (Wildman–Crippen MR) is 89.1 cm³/mol. The van der Waals surface area contributed by atoms with Crippen LogP contribution in [0.2, 0.25) is 0 Å². The van der Waals surface area contributed by atoms with Gasteiger partial charge >= 0.3 is 0 Å². The van der Waals surface area contributed by atoms with Gasteiger partial charge in [-0.1, -0.05) is 20.8 Å². The SMILES string of the molecule is CCCNCc1sc(-c2cncc(Br)c2)nc1C(C)C. The van der Waals surface area contributed by atoms with Crippen molar-refractivity contribution in [2.75, 3.05) is 6.54 Å². The average molecular weight is 354 g/mol. The van der Waals surface area contributed by atoms with Crippen molar-refractivity contribution in [1.29, 1.82) is 0 Å².